The van der Waals surface area contributed by atoms with E-state index in [1.165, 1.54) is 0 Å². The maximum absolute atomic E-state index is 12.9. The molecule has 4 rings (SSSR count). The van der Waals surface area contributed by atoms with Crippen LogP contribution < -0.4 is 14.2 Å². The molecule has 0 aliphatic carbocycles. The lowest BCUT2D eigenvalue weighted by atomic mass is 9.99. The molecule has 0 radical (unpaired) electrons. The summed E-state index contributed by atoms with van der Waals surface area (Å²) in [5.74, 6) is 1.57. The van der Waals surface area contributed by atoms with Crippen LogP contribution >= 0.6 is 23.2 Å². The fourth-order valence-corrected chi connectivity index (χ4v) is 4.32. The highest BCUT2D eigenvalue weighted by molar-refractivity contribution is 6.39. The Hall–Kier alpha value is -2.70. The molecule has 1 amide bonds. The molecule has 3 aromatic rings. The Kier molecular flexibility index (Phi) is 6.12. The predicted octanol–water partition coefficient (Wildman–Crippen LogP) is 4.83. The fraction of sp³-hybridized carbons (Fsp3) is 0.304. The topological polar surface area (TPSA) is 60.9 Å². The normalized spacial score (nSPS) is 13.1. The molecule has 0 bridgehead atoms. The van der Waals surface area contributed by atoms with E-state index in [1.807, 2.05) is 31.2 Å². The van der Waals surface area contributed by atoms with E-state index in [9.17, 15) is 4.79 Å². The highest BCUT2D eigenvalue weighted by Crippen LogP contribution is 2.37. The Morgan fingerprint density at radius 3 is 2.48 bits per heavy atom. The molecule has 8 heteroatoms. The molecule has 0 N–H and O–H groups in total. The van der Waals surface area contributed by atoms with Gasteiger partial charge in [0.2, 0.25) is 0 Å². The van der Waals surface area contributed by atoms with Crippen LogP contribution in [-0.2, 0) is 17.8 Å². The maximum atomic E-state index is 12.9. The van der Waals surface area contributed by atoms with Crippen LogP contribution in [0.15, 0.2) is 30.3 Å². The highest BCUT2D eigenvalue weighted by Gasteiger charge is 2.24. The van der Waals surface area contributed by atoms with Crippen LogP contribution in [0.25, 0.3) is 10.9 Å². The molecular weight excluding hydrogens is 439 g/mol. The average Bonchev–Trinajstić information content (AvgIpc) is 2.77. The molecule has 31 heavy (non-hydrogen) atoms. The summed E-state index contributed by atoms with van der Waals surface area (Å²) < 4.78 is 16.6. The van der Waals surface area contributed by atoms with Gasteiger partial charge in [-0.2, -0.15) is 0 Å². The number of nitrogens with zero attached hydrogens (tertiary/aromatic N) is 2. The first-order valence-electron chi connectivity index (χ1n) is 9.81. The number of aryl methyl sites for hydroxylation is 1. The standard InChI is InChI=1S/C23H22Cl2N2O4/c1-13-4-5-16-17(24)10-18(25)23(22(16)26-13)31-12-21(28)27-7-6-14-8-19(29-2)20(30-3)9-15(14)11-27/h4-5,8-10H,6-7,11-12H2,1-3H3. The summed E-state index contributed by atoms with van der Waals surface area (Å²) >= 11 is 12.6. The number of carbonyl (C=O) groups excluding carboxylic acids is 1. The van der Waals surface area contributed by atoms with Crippen LogP contribution in [0, 0.1) is 6.92 Å². The first-order valence-corrected chi connectivity index (χ1v) is 10.6. The van der Waals surface area contributed by atoms with Crippen molar-refractivity contribution in [3.05, 3.63) is 57.2 Å². The molecule has 162 valence electrons. The van der Waals surface area contributed by atoms with Gasteiger partial charge < -0.3 is 19.1 Å². The lowest BCUT2D eigenvalue weighted by Gasteiger charge is -2.29. The van der Waals surface area contributed by atoms with Crippen molar-refractivity contribution >= 4 is 40.0 Å². The van der Waals surface area contributed by atoms with Gasteiger partial charge in [0.05, 0.1) is 24.3 Å². The first kappa shape index (κ1) is 21.5. The number of hydrogen-bond acceptors (Lipinski definition) is 5. The molecule has 2 aromatic carbocycles. The van der Waals surface area contributed by atoms with E-state index in [2.05, 4.69) is 4.98 Å². The summed E-state index contributed by atoms with van der Waals surface area (Å²) in [4.78, 5) is 19.2. The van der Waals surface area contributed by atoms with Gasteiger partial charge in [0.25, 0.3) is 5.91 Å². The average molecular weight is 461 g/mol. The third-order valence-electron chi connectivity index (χ3n) is 5.39. The van der Waals surface area contributed by atoms with Crippen LogP contribution in [0.3, 0.4) is 0 Å². The minimum absolute atomic E-state index is 0.132. The van der Waals surface area contributed by atoms with Gasteiger partial charge in [0.15, 0.2) is 23.9 Å². The first-order chi connectivity index (χ1) is 14.9. The molecule has 1 aliphatic rings. The summed E-state index contributed by atoms with van der Waals surface area (Å²) in [6.07, 6.45) is 0.729. The predicted molar refractivity (Wildman–Crippen MR) is 121 cm³/mol. The number of hydrogen-bond donors (Lipinski definition) is 0. The quantitative estimate of drug-likeness (QED) is 0.545. The van der Waals surface area contributed by atoms with Crippen LogP contribution in [-0.4, -0.2) is 43.2 Å². The van der Waals surface area contributed by atoms with Crippen LogP contribution in [0.4, 0.5) is 0 Å². The van der Waals surface area contributed by atoms with E-state index >= 15 is 0 Å². The van der Waals surface area contributed by atoms with Gasteiger partial charge in [-0.1, -0.05) is 23.2 Å². The number of rotatable bonds is 5. The van der Waals surface area contributed by atoms with Crippen LogP contribution in [0.2, 0.25) is 10.0 Å². The Morgan fingerprint density at radius 2 is 1.77 bits per heavy atom. The van der Waals surface area contributed by atoms with E-state index in [-0.39, 0.29) is 12.5 Å². The van der Waals surface area contributed by atoms with Crippen molar-refractivity contribution in [1.29, 1.82) is 0 Å². The number of amides is 1. The van der Waals surface area contributed by atoms with E-state index in [4.69, 9.17) is 37.4 Å². The summed E-state index contributed by atoms with van der Waals surface area (Å²) in [7, 11) is 3.21. The van der Waals surface area contributed by atoms with Crippen molar-refractivity contribution < 1.29 is 19.0 Å². The third kappa shape index (κ3) is 4.23. The molecule has 0 spiro atoms. The minimum atomic E-state index is -0.144. The lowest BCUT2D eigenvalue weighted by molar-refractivity contribution is -0.134. The molecule has 1 aromatic heterocycles. The molecule has 2 heterocycles. The number of benzene rings is 2. The number of halogens is 2. The van der Waals surface area contributed by atoms with Gasteiger partial charge in [-0.05, 0) is 54.8 Å². The van der Waals surface area contributed by atoms with Crippen molar-refractivity contribution in [3.8, 4) is 17.2 Å². The van der Waals surface area contributed by atoms with E-state index < -0.39 is 0 Å². The zero-order chi connectivity index (χ0) is 22.1. The molecule has 0 saturated carbocycles. The van der Waals surface area contributed by atoms with E-state index in [0.717, 1.165) is 28.6 Å². The number of ether oxygens (including phenoxy) is 3. The smallest absolute Gasteiger partial charge is 0.260 e. The number of methoxy groups -OCH3 is 2. The second kappa shape index (κ2) is 8.81. The van der Waals surface area contributed by atoms with Crippen LogP contribution in [0.1, 0.15) is 16.8 Å². The van der Waals surface area contributed by atoms with E-state index in [0.29, 0.717) is 45.9 Å². The van der Waals surface area contributed by atoms with Gasteiger partial charge in [0.1, 0.15) is 5.52 Å². The van der Waals surface area contributed by atoms with Crippen LogP contribution in [0.5, 0.6) is 17.2 Å². The zero-order valence-corrected chi connectivity index (χ0v) is 19.0. The molecule has 6 nitrogen and oxygen atoms in total. The SMILES string of the molecule is COc1cc2c(cc1OC)CN(C(=O)COc1c(Cl)cc(Cl)c3ccc(C)nc13)CC2. The maximum Gasteiger partial charge on any atom is 0.260 e. The summed E-state index contributed by atoms with van der Waals surface area (Å²) in [6, 6.07) is 9.24. The second-order valence-electron chi connectivity index (χ2n) is 7.35. The monoisotopic (exact) mass is 460 g/mol. The van der Waals surface area contributed by atoms with E-state index in [1.54, 1.807) is 25.2 Å². The summed E-state index contributed by atoms with van der Waals surface area (Å²) in [5.41, 5.74) is 3.53. The molecule has 0 saturated heterocycles. The van der Waals surface area contributed by atoms with Crippen molar-refractivity contribution in [3.63, 3.8) is 0 Å². The fourth-order valence-electron chi connectivity index (χ4n) is 3.75. The van der Waals surface area contributed by atoms with Gasteiger partial charge in [-0.15, -0.1) is 0 Å². The van der Waals surface area contributed by atoms with Gasteiger partial charge >= 0.3 is 0 Å². The molecular formula is C23H22Cl2N2O4. The number of aromatic nitrogens is 1. The lowest BCUT2D eigenvalue weighted by Crippen LogP contribution is -2.38. The summed E-state index contributed by atoms with van der Waals surface area (Å²) in [5, 5.41) is 1.54. The largest absolute Gasteiger partial charge is 0.493 e. The minimum Gasteiger partial charge on any atom is -0.493 e. The molecule has 0 atom stereocenters. The molecule has 0 fully saturated rings. The second-order valence-corrected chi connectivity index (χ2v) is 8.16. The Labute approximate surface area is 190 Å². The molecule has 1 aliphatic heterocycles. The van der Waals surface area contributed by atoms with Gasteiger partial charge in [-0.25, -0.2) is 4.98 Å². The number of carbonyl (C=O) groups is 1. The Bertz CT molecular complexity index is 1170. The highest BCUT2D eigenvalue weighted by atomic mass is 35.5. The van der Waals surface area contributed by atoms with Crippen molar-refractivity contribution in [2.24, 2.45) is 0 Å². The molecule has 0 unspecified atom stereocenters. The Balaban J connectivity index is 1.52. The zero-order valence-electron chi connectivity index (χ0n) is 17.5. The number of fused-ring (bicyclic) bond motifs is 2. The van der Waals surface area contributed by atoms with Crippen molar-refractivity contribution in [2.75, 3.05) is 27.4 Å². The third-order valence-corrected chi connectivity index (χ3v) is 5.98. The van der Waals surface area contributed by atoms with Gasteiger partial charge in [0, 0.05) is 24.2 Å². The van der Waals surface area contributed by atoms with Crippen molar-refractivity contribution in [1.82, 2.24) is 9.88 Å². The summed E-state index contributed by atoms with van der Waals surface area (Å²) in [6.45, 7) is 2.80. The van der Waals surface area contributed by atoms with Crippen molar-refractivity contribution in [2.45, 2.75) is 19.9 Å². The number of pyridine rings is 1. The Morgan fingerprint density at radius 1 is 1.06 bits per heavy atom. The van der Waals surface area contributed by atoms with Gasteiger partial charge in [-0.3, -0.25) is 4.79 Å².